The molecule has 0 saturated heterocycles. The average Bonchev–Trinajstić information content (AvgIpc) is 2.35. The number of aliphatic hydroxyl groups is 2. The molecule has 0 aliphatic heterocycles. The number of carbonyl (C=O) groups is 2. The van der Waals surface area contributed by atoms with Gasteiger partial charge in [0, 0.05) is 12.7 Å². The number of thioether (sulfide) groups is 1. The number of aliphatic hydroxyl groups excluding tert-OH is 2. The number of hydrogen-bond donors (Lipinski definition) is 3. The van der Waals surface area contributed by atoms with Crippen LogP contribution in [0.4, 0.5) is 0 Å². The summed E-state index contributed by atoms with van der Waals surface area (Å²) in [4.78, 5) is 21.4. The Morgan fingerprint density at radius 2 is 1.78 bits per heavy atom. The van der Waals surface area contributed by atoms with Crippen LogP contribution < -0.4 is 0 Å². The molecular formula is C12H14O5S. The van der Waals surface area contributed by atoms with Crippen molar-refractivity contribution in [3.05, 3.63) is 35.4 Å². The molecule has 0 spiro atoms. The van der Waals surface area contributed by atoms with Crippen LogP contribution in [0.3, 0.4) is 0 Å². The van der Waals surface area contributed by atoms with E-state index in [2.05, 4.69) is 0 Å². The summed E-state index contributed by atoms with van der Waals surface area (Å²) in [5.41, 5.74) is 0.523. The van der Waals surface area contributed by atoms with Crippen molar-refractivity contribution in [1.29, 1.82) is 0 Å². The zero-order valence-corrected chi connectivity index (χ0v) is 10.6. The molecule has 0 fully saturated rings. The van der Waals surface area contributed by atoms with Crippen LogP contribution in [0.5, 0.6) is 0 Å². The molecule has 3 N–H and O–H groups in total. The molecule has 1 aromatic rings. The first-order valence-electron chi connectivity index (χ1n) is 5.24. The first-order chi connectivity index (χ1) is 8.41. The number of rotatable bonds is 5. The molecule has 18 heavy (non-hydrogen) atoms. The first-order valence-corrected chi connectivity index (χ1v) is 6.23. The fourth-order valence-electron chi connectivity index (χ4n) is 1.34. The third-order valence-electron chi connectivity index (χ3n) is 2.32. The molecular weight excluding hydrogens is 256 g/mol. The van der Waals surface area contributed by atoms with Crippen molar-refractivity contribution in [2.45, 2.75) is 19.1 Å². The minimum absolute atomic E-state index is 0.0944. The Labute approximate surface area is 108 Å². The summed E-state index contributed by atoms with van der Waals surface area (Å²) in [7, 11) is 0. The second-order valence-electron chi connectivity index (χ2n) is 3.74. The van der Waals surface area contributed by atoms with Crippen molar-refractivity contribution in [1.82, 2.24) is 0 Å². The highest BCUT2D eigenvalue weighted by molar-refractivity contribution is 8.13. The molecule has 6 heteroatoms. The molecule has 98 valence electrons. The fourth-order valence-corrected chi connectivity index (χ4v) is 1.93. The second kappa shape index (κ2) is 6.53. The van der Waals surface area contributed by atoms with E-state index in [0.717, 1.165) is 11.8 Å². The zero-order chi connectivity index (χ0) is 13.7. The van der Waals surface area contributed by atoms with E-state index in [1.165, 1.54) is 31.2 Å². The Balaban J connectivity index is 2.68. The number of carboxylic acid groups (broad SMARTS) is 1. The van der Waals surface area contributed by atoms with Gasteiger partial charge in [-0.2, -0.15) is 0 Å². The predicted octanol–water partition coefficient (Wildman–Crippen LogP) is 1.06. The Hall–Kier alpha value is -1.37. The van der Waals surface area contributed by atoms with Crippen LogP contribution in [-0.4, -0.2) is 38.3 Å². The lowest BCUT2D eigenvalue weighted by molar-refractivity contribution is -0.109. The van der Waals surface area contributed by atoms with Gasteiger partial charge in [0.05, 0.1) is 11.7 Å². The van der Waals surface area contributed by atoms with E-state index in [0.29, 0.717) is 5.56 Å². The van der Waals surface area contributed by atoms with Gasteiger partial charge in [0.1, 0.15) is 6.10 Å². The third-order valence-corrected chi connectivity index (χ3v) is 3.24. The Morgan fingerprint density at radius 1 is 1.22 bits per heavy atom. The molecule has 0 aromatic heterocycles. The van der Waals surface area contributed by atoms with Crippen molar-refractivity contribution >= 4 is 22.8 Å². The van der Waals surface area contributed by atoms with Crippen LogP contribution in [0.25, 0.3) is 0 Å². The highest BCUT2D eigenvalue weighted by Crippen LogP contribution is 2.20. The van der Waals surface area contributed by atoms with Crippen LogP contribution >= 0.6 is 11.8 Å². The molecule has 0 amide bonds. The summed E-state index contributed by atoms with van der Waals surface area (Å²) in [6.07, 6.45) is -2.21. The smallest absolute Gasteiger partial charge is 0.335 e. The van der Waals surface area contributed by atoms with Crippen LogP contribution in [0.2, 0.25) is 0 Å². The fraction of sp³-hybridized carbons (Fsp3) is 0.333. The lowest BCUT2D eigenvalue weighted by Gasteiger charge is -2.17. The van der Waals surface area contributed by atoms with E-state index in [1.807, 2.05) is 0 Å². The topological polar surface area (TPSA) is 94.8 Å². The molecule has 0 bridgehead atoms. The molecule has 0 radical (unpaired) electrons. The van der Waals surface area contributed by atoms with E-state index < -0.39 is 18.2 Å². The van der Waals surface area contributed by atoms with E-state index in [9.17, 15) is 19.8 Å². The van der Waals surface area contributed by atoms with Crippen molar-refractivity contribution in [2.75, 3.05) is 5.75 Å². The monoisotopic (exact) mass is 270 g/mol. The van der Waals surface area contributed by atoms with Crippen molar-refractivity contribution < 1.29 is 24.9 Å². The van der Waals surface area contributed by atoms with Crippen LogP contribution in [0.1, 0.15) is 28.9 Å². The normalized spacial score (nSPS) is 13.9. The lowest BCUT2D eigenvalue weighted by atomic mass is 10.0. The molecule has 1 rings (SSSR count). The highest BCUT2D eigenvalue weighted by atomic mass is 32.2. The number of hydrogen-bond acceptors (Lipinski definition) is 5. The summed E-state index contributed by atoms with van der Waals surface area (Å²) < 4.78 is 0. The lowest BCUT2D eigenvalue weighted by Crippen LogP contribution is -2.21. The van der Waals surface area contributed by atoms with Gasteiger partial charge in [-0.25, -0.2) is 4.79 Å². The number of aromatic carboxylic acids is 1. The van der Waals surface area contributed by atoms with Gasteiger partial charge in [-0.15, -0.1) is 0 Å². The van der Waals surface area contributed by atoms with Gasteiger partial charge in [-0.05, 0) is 17.7 Å². The van der Waals surface area contributed by atoms with Crippen molar-refractivity contribution in [3.8, 4) is 0 Å². The zero-order valence-electron chi connectivity index (χ0n) is 9.74. The van der Waals surface area contributed by atoms with Crippen LogP contribution in [0.15, 0.2) is 24.3 Å². The number of carbonyl (C=O) groups excluding carboxylic acids is 1. The van der Waals surface area contributed by atoms with Crippen LogP contribution in [-0.2, 0) is 4.79 Å². The molecule has 0 saturated carbocycles. The molecule has 0 aliphatic rings. The maximum Gasteiger partial charge on any atom is 0.335 e. The largest absolute Gasteiger partial charge is 0.478 e. The maximum absolute atomic E-state index is 10.7. The minimum atomic E-state index is -1.14. The SMILES string of the molecule is CC(=O)SCC(O)C(O)c1ccc(C(=O)O)cc1. The second-order valence-corrected chi connectivity index (χ2v) is 4.94. The first kappa shape index (κ1) is 14.7. The molecule has 1 aromatic carbocycles. The molecule has 2 atom stereocenters. The Morgan fingerprint density at radius 3 is 2.22 bits per heavy atom. The van der Waals surface area contributed by atoms with Crippen molar-refractivity contribution in [2.24, 2.45) is 0 Å². The standard InChI is InChI=1S/C12H14O5S/c1-7(13)18-6-10(14)11(15)8-2-4-9(5-3-8)12(16)17/h2-5,10-11,14-15H,6H2,1H3,(H,16,17). The van der Waals surface area contributed by atoms with Gasteiger partial charge >= 0.3 is 5.97 Å². The van der Waals surface area contributed by atoms with Gasteiger partial charge < -0.3 is 15.3 Å². The van der Waals surface area contributed by atoms with E-state index in [4.69, 9.17) is 5.11 Å². The average molecular weight is 270 g/mol. The van der Waals surface area contributed by atoms with Gasteiger partial charge in [0.15, 0.2) is 5.12 Å². The summed E-state index contributed by atoms with van der Waals surface area (Å²) in [5.74, 6) is -0.958. The van der Waals surface area contributed by atoms with Gasteiger partial charge in [0.2, 0.25) is 0 Å². The molecule has 0 aliphatic carbocycles. The van der Waals surface area contributed by atoms with E-state index in [-0.39, 0.29) is 16.4 Å². The Bertz CT molecular complexity index is 429. The van der Waals surface area contributed by atoms with E-state index in [1.54, 1.807) is 0 Å². The van der Waals surface area contributed by atoms with Crippen molar-refractivity contribution in [3.63, 3.8) is 0 Å². The summed E-state index contributed by atoms with van der Waals surface area (Å²) in [6, 6.07) is 5.59. The highest BCUT2D eigenvalue weighted by Gasteiger charge is 2.19. The molecule has 2 unspecified atom stereocenters. The number of carboxylic acids is 1. The Kier molecular flexibility index (Phi) is 5.33. The summed E-state index contributed by atoms with van der Waals surface area (Å²) in [5, 5.41) is 28.0. The predicted molar refractivity (Wildman–Crippen MR) is 67.5 cm³/mol. The van der Waals surface area contributed by atoms with Crippen LogP contribution in [0, 0.1) is 0 Å². The molecule has 5 nitrogen and oxygen atoms in total. The van der Waals surface area contributed by atoms with Gasteiger partial charge in [0.25, 0.3) is 0 Å². The van der Waals surface area contributed by atoms with Gasteiger partial charge in [-0.3, -0.25) is 4.79 Å². The minimum Gasteiger partial charge on any atom is -0.478 e. The maximum atomic E-state index is 10.7. The summed E-state index contributed by atoms with van der Waals surface area (Å²) in [6.45, 7) is 1.38. The third kappa shape index (κ3) is 4.14. The quantitative estimate of drug-likeness (QED) is 0.740. The number of benzene rings is 1. The summed E-state index contributed by atoms with van der Waals surface area (Å²) >= 11 is 0.927. The van der Waals surface area contributed by atoms with Gasteiger partial charge in [-0.1, -0.05) is 23.9 Å². The van der Waals surface area contributed by atoms with E-state index >= 15 is 0 Å². The molecule has 0 heterocycles.